The SMILES string of the molecule is CC(C)(CC(=O)C(CCCCNC(=O)[C@@H](CS)NC(=O)CNC(=O)CNC(=O)OCC1c2ccccc2-c2ccccc21)NC(c1ccccc1)(c1ccccc1)c1ccccc1)O[C]=O. The lowest BCUT2D eigenvalue weighted by atomic mass is 9.75. The number of fused-ring (bicyclic) bond motifs is 3. The number of amides is 4. The van der Waals surface area contributed by atoms with E-state index in [-0.39, 0.29) is 37.0 Å². The lowest BCUT2D eigenvalue weighted by Crippen LogP contribution is -2.53. The van der Waals surface area contributed by atoms with Crippen LogP contribution in [0.1, 0.15) is 73.3 Å². The number of rotatable bonds is 24. The van der Waals surface area contributed by atoms with Crippen LogP contribution in [0.25, 0.3) is 11.1 Å². The second-order valence-electron chi connectivity index (χ2n) is 16.7. The highest BCUT2D eigenvalue weighted by atomic mass is 32.1. The Kier molecular flexibility index (Phi) is 17.3. The Morgan fingerprint density at radius 3 is 1.70 bits per heavy atom. The molecule has 2 atom stereocenters. The Morgan fingerprint density at radius 1 is 0.652 bits per heavy atom. The average molecular weight is 911 g/mol. The van der Waals surface area contributed by atoms with Gasteiger partial charge in [-0.2, -0.15) is 12.6 Å². The van der Waals surface area contributed by atoms with Crippen LogP contribution >= 0.6 is 12.6 Å². The molecule has 343 valence electrons. The van der Waals surface area contributed by atoms with Crippen molar-refractivity contribution < 1.29 is 38.2 Å². The molecule has 0 saturated heterocycles. The van der Waals surface area contributed by atoms with Crippen molar-refractivity contribution in [2.75, 3.05) is 32.0 Å². The van der Waals surface area contributed by atoms with E-state index in [2.05, 4.69) is 39.2 Å². The first-order valence-corrected chi connectivity index (χ1v) is 22.6. The summed E-state index contributed by atoms with van der Waals surface area (Å²) in [5.74, 6) is -2.02. The molecule has 14 heteroatoms. The van der Waals surface area contributed by atoms with Gasteiger partial charge in [-0.05, 0) is 72.1 Å². The zero-order chi connectivity index (χ0) is 46.9. The number of carbonyl (C=O) groups is 5. The molecule has 66 heavy (non-hydrogen) atoms. The molecule has 5 aromatic carbocycles. The summed E-state index contributed by atoms with van der Waals surface area (Å²) in [7, 11) is 0. The number of Topliss-reactive ketones (excluding diaryl/α,β-unsaturated/α-hetero) is 1. The lowest BCUT2D eigenvalue weighted by Gasteiger charge is -2.40. The summed E-state index contributed by atoms with van der Waals surface area (Å²) in [6, 6.07) is 43.9. The number of benzene rings is 5. The highest BCUT2D eigenvalue weighted by Crippen LogP contribution is 2.44. The van der Waals surface area contributed by atoms with Crippen molar-refractivity contribution >= 4 is 48.7 Å². The third kappa shape index (κ3) is 12.5. The van der Waals surface area contributed by atoms with Gasteiger partial charge in [0.2, 0.25) is 17.7 Å². The number of thiol groups is 1. The minimum atomic E-state index is -1.10. The first-order chi connectivity index (χ1) is 32.0. The summed E-state index contributed by atoms with van der Waals surface area (Å²) in [5.41, 5.74) is 5.04. The van der Waals surface area contributed by atoms with Crippen LogP contribution in [0.5, 0.6) is 0 Å². The van der Waals surface area contributed by atoms with E-state index in [1.54, 1.807) is 13.8 Å². The van der Waals surface area contributed by atoms with Gasteiger partial charge in [0, 0.05) is 24.6 Å². The maximum atomic E-state index is 14.3. The van der Waals surface area contributed by atoms with Crippen LogP contribution in [0.2, 0.25) is 0 Å². The summed E-state index contributed by atoms with van der Waals surface area (Å²) in [6.07, 6.45) is 0.561. The molecule has 5 N–H and O–H groups in total. The second-order valence-corrected chi connectivity index (χ2v) is 17.0. The number of ketones is 1. The number of hydrogen-bond donors (Lipinski definition) is 6. The van der Waals surface area contributed by atoms with Gasteiger partial charge in [-0.25, -0.2) is 9.59 Å². The maximum absolute atomic E-state index is 14.3. The molecule has 4 amide bonds. The van der Waals surface area contributed by atoms with Gasteiger partial charge in [-0.3, -0.25) is 24.5 Å². The van der Waals surface area contributed by atoms with E-state index >= 15 is 0 Å². The first-order valence-electron chi connectivity index (χ1n) is 22.0. The number of carbonyl (C=O) groups excluding carboxylic acids is 6. The Labute approximate surface area is 391 Å². The molecular weight excluding hydrogens is 855 g/mol. The van der Waals surface area contributed by atoms with Crippen LogP contribution in [0.4, 0.5) is 4.79 Å². The summed E-state index contributed by atoms with van der Waals surface area (Å²) in [6.45, 7) is 4.29. The van der Waals surface area contributed by atoms with Crippen LogP contribution < -0.4 is 26.6 Å². The number of unbranched alkanes of at least 4 members (excludes halogenated alkanes) is 1. The molecule has 0 heterocycles. The van der Waals surface area contributed by atoms with Crippen molar-refractivity contribution in [3.8, 4) is 11.1 Å². The molecule has 1 radical (unpaired) electrons. The Balaban J connectivity index is 0.988. The fraction of sp³-hybridized carbons (Fsp3) is 0.308. The van der Waals surface area contributed by atoms with Crippen molar-refractivity contribution in [1.82, 2.24) is 26.6 Å². The van der Waals surface area contributed by atoms with Crippen LogP contribution in [-0.4, -0.2) is 85.7 Å². The van der Waals surface area contributed by atoms with Crippen molar-refractivity contribution in [3.63, 3.8) is 0 Å². The van der Waals surface area contributed by atoms with Gasteiger partial charge in [-0.1, -0.05) is 140 Å². The molecule has 1 aliphatic carbocycles. The fourth-order valence-electron chi connectivity index (χ4n) is 8.37. The third-order valence-electron chi connectivity index (χ3n) is 11.6. The van der Waals surface area contributed by atoms with E-state index < -0.39 is 60.1 Å². The van der Waals surface area contributed by atoms with Crippen molar-refractivity contribution in [1.29, 1.82) is 0 Å². The topological polar surface area (TPSA) is 181 Å². The monoisotopic (exact) mass is 910 g/mol. The fourth-order valence-corrected chi connectivity index (χ4v) is 8.63. The van der Waals surface area contributed by atoms with Gasteiger partial charge in [0.15, 0.2) is 5.78 Å². The predicted molar refractivity (Wildman–Crippen MR) is 255 cm³/mol. The standard InChI is InChI=1S/C52H56N5O8S/c1-51(2,65-35-58)30-46(59)44(57-52(36-18-6-3-7-19-36,37-20-8-4-9-21-37)38-22-10-5-11-23-38)28-16-17-29-53-49(62)45(34-66)56-48(61)32-54-47(60)31-55-50(63)64-33-43-41-26-14-12-24-39(41)40-25-13-15-27-42(40)43/h3-15,18-27,43-45,57,66H,16-17,28-34H2,1-2H3,(H,53,62)(H,54,60)(H,55,63)(H,56,61)/t44?,45-/m1/s1. The number of ether oxygens (including phenoxy) is 2. The van der Waals surface area contributed by atoms with E-state index in [1.165, 1.54) is 6.47 Å². The zero-order valence-corrected chi connectivity index (χ0v) is 38.0. The quantitative estimate of drug-likeness (QED) is 0.0242. The van der Waals surface area contributed by atoms with Crippen LogP contribution in [-0.2, 0) is 39.0 Å². The smallest absolute Gasteiger partial charge is 0.418 e. The molecule has 0 spiro atoms. The predicted octanol–water partition coefficient (Wildman–Crippen LogP) is 6.11. The highest BCUT2D eigenvalue weighted by molar-refractivity contribution is 7.80. The number of nitrogens with one attached hydrogen (secondary N) is 5. The molecule has 1 unspecified atom stereocenters. The van der Waals surface area contributed by atoms with E-state index in [0.717, 1.165) is 38.9 Å². The molecule has 13 nitrogen and oxygen atoms in total. The van der Waals surface area contributed by atoms with Gasteiger partial charge in [0.05, 0.1) is 18.1 Å². The molecule has 0 aromatic heterocycles. The van der Waals surface area contributed by atoms with Crippen LogP contribution in [0.15, 0.2) is 140 Å². The van der Waals surface area contributed by atoms with Gasteiger partial charge in [0.1, 0.15) is 24.8 Å². The van der Waals surface area contributed by atoms with Crippen LogP contribution in [0, 0.1) is 0 Å². The summed E-state index contributed by atoms with van der Waals surface area (Å²) >= 11 is 4.26. The molecule has 6 rings (SSSR count). The Bertz CT molecular complexity index is 2290. The Morgan fingerprint density at radius 2 is 1.17 bits per heavy atom. The van der Waals surface area contributed by atoms with E-state index in [1.807, 2.05) is 140 Å². The molecule has 0 aliphatic heterocycles. The van der Waals surface area contributed by atoms with E-state index in [0.29, 0.717) is 19.3 Å². The van der Waals surface area contributed by atoms with E-state index in [4.69, 9.17) is 9.47 Å². The summed E-state index contributed by atoms with van der Waals surface area (Å²) in [5, 5.41) is 14.1. The number of alkyl carbamates (subject to hydrolysis) is 1. The summed E-state index contributed by atoms with van der Waals surface area (Å²) in [4.78, 5) is 76.5. The average Bonchev–Trinajstić information content (AvgIpc) is 3.65. The number of hydrogen-bond acceptors (Lipinski definition) is 10. The van der Waals surface area contributed by atoms with Crippen molar-refractivity contribution in [2.45, 2.75) is 68.7 Å². The third-order valence-corrected chi connectivity index (χ3v) is 11.9. The zero-order valence-electron chi connectivity index (χ0n) is 37.1. The minimum Gasteiger partial charge on any atom is -0.451 e. The Hall–Kier alpha value is -6.77. The van der Waals surface area contributed by atoms with Crippen molar-refractivity contribution in [2.24, 2.45) is 0 Å². The van der Waals surface area contributed by atoms with Gasteiger partial charge in [-0.15, -0.1) is 0 Å². The first kappa shape index (κ1) is 48.7. The van der Waals surface area contributed by atoms with Gasteiger partial charge >= 0.3 is 12.6 Å². The molecule has 0 bridgehead atoms. The maximum Gasteiger partial charge on any atom is 0.418 e. The molecule has 0 saturated carbocycles. The van der Waals surface area contributed by atoms with Crippen molar-refractivity contribution in [3.05, 3.63) is 167 Å². The minimum absolute atomic E-state index is 0.00797. The van der Waals surface area contributed by atoms with Crippen LogP contribution in [0.3, 0.4) is 0 Å². The molecular formula is C52H56N5O8S. The lowest BCUT2D eigenvalue weighted by molar-refractivity contribution is -0.129. The largest absolute Gasteiger partial charge is 0.451 e. The highest BCUT2D eigenvalue weighted by Gasteiger charge is 2.40. The molecule has 5 aromatic rings. The van der Waals surface area contributed by atoms with Gasteiger partial charge < -0.3 is 30.7 Å². The molecule has 1 aliphatic rings. The van der Waals surface area contributed by atoms with E-state index in [9.17, 15) is 28.8 Å². The second kappa shape index (κ2) is 23.4. The normalized spacial score (nSPS) is 13.0. The van der Waals surface area contributed by atoms with Gasteiger partial charge in [0.25, 0.3) is 0 Å². The summed E-state index contributed by atoms with van der Waals surface area (Å²) < 4.78 is 10.6. The molecule has 0 fully saturated rings.